The fourth-order valence-corrected chi connectivity index (χ4v) is 2.61. The molecule has 0 aromatic carbocycles. The summed E-state index contributed by atoms with van der Waals surface area (Å²) in [5.41, 5.74) is 0. The summed E-state index contributed by atoms with van der Waals surface area (Å²) >= 11 is 0. The quantitative estimate of drug-likeness (QED) is 0.404. The highest BCUT2D eigenvalue weighted by Crippen LogP contribution is 2.25. The van der Waals surface area contributed by atoms with E-state index in [4.69, 9.17) is 4.43 Å². The molecule has 1 heterocycles. The maximum Gasteiger partial charge on any atom is 0.317 e. The van der Waals surface area contributed by atoms with Gasteiger partial charge in [0, 0.05) is 7.11 Å². The molecule has 1 aliphatic heterocycles. The van der Waals surface area contributed by atoms with Crippen LogP contribution in [0.15, 0.2) is 0 Å². The summed E-state index contributed by atoms with van der Waals surface area (Å²) in [5, 5.41) is 0. The Kier molecular flexibility index (Phi) is 3.44. The van der Waals surface area contributed by atoms with E-state index in [2.05, 4.69) is 17.8 Å². The van der Waals surface area contributed by atoms with Crippen molar-refractivity contribution in [2.24, 2.45) is 5.92 Å². The van der Waals surface area contributed by atoms with Crippen LogP contribution in [0.25, 0.3) is 0 Å². The lowest BCUT2D eigenvalue weighted by molar-refractivity contribution is -0.153. The molecule has 14 heavy (non-hydrogen) atoms. The molecule has 0 amide bonds. The Bertz CT molecular complexity index is 249. The number of rotatable bonds is 4. The van der Waals surface area contributed by atoms with E-state index in [1.807, 2.05) is 0 Å². The van der Waals surface area contributed by atoms with Gasteiger partial charge < -0.3 is 9.16 Å². The number of ether oxygens (including phenoxy) is 1. The van der Waals surface area contributed by atoms with Crippen molar-refractivity contribution < 1.29 is 18.8 Å². The highest BCUT2D eigenvalue weighted by Gasteiger charge is 2.34. The van der Waals surface area contributed by atoms with Crippen LogP contribution in [0.1, 0.15) is 12.8 Å². The first-order chi connectivity index (χ1) is 6.44. The fourth-order valence-electron chi connectivity index (χ4n) is 1.37. The molecular formula is C9H16O4Si. The van der Waals surface area contributed by atoms with Crippen molar-refractivity contribution in [2.45, 2.75) is 32.0 Å². The average Bonchev–Trinajstić information content (AvgIpc) is 2.42. The van der Waals surface area contributed by atoms with E-state index in [1.165, 1.54) is 0 Å². The largest absolute Gasteiger partial charge is 0.420 e. The van der Waals surface area contributed by atoms with Gasteiger partial charge in [0.05, 0.1) is 12.3 Å². The summed E-state index contributed by atoms with van der Waals surface area (Å²) in [6, 6.07) is 0.885. The highest BCUT2D eigenvalue weighted by molar-refractivity contribution is 6.71. The Morgan fingerprint density at radius 2 is 2.14 bits per heavy atom. The Morgan fingerprint density at radius 1 is 1.50 bits per heavy atom. The second kappa shape index (κ2) is 4.23. The molecule has 0 aromatic heterocycles. The van der Waals surface area contributed by atoms with Gasteiger partial charge in [-0.25, -0.2) is 0 Å². The number of carbonyl (C=O) groups is 2. The van der Waals surface area contributed by atoms with Crippen LogP contribution in [0.3, 0.4) is 0 Å². The molecule has 0 aliphatic carbocycles. The number of hydrogen-bond acceptors (Lipinski definition) is 4. The van der Waals surface area contributed by atoms with Crippen LogP contribution in [-0.2, 0) is 18.8 Å². The van der Waals surface area contributed by atoms with Crippen LogP contribution in [0.4, 0.5) is 0 Å². The van der Waals surface area contributed by atoms with Crippen LogP contribution in [-0.4, -0.2) is 27.4 Å². The fraction of sp³-hybridized carbons (Fsp3) is 0.778. The molecule has 1 saturated heterocycles. The van der Waals surface area contributed by atoms with Gasteiger partial charge in [0.1, 0.15) is 0 Å². The van der Waals surface area contributed by atoms with Crippen LogP contribution in [0, 0.1) is 5.92 Å². The van der Waals surface area contributed by atoms with Crippen LogP contribution < -0.4 is 0 Å². The second-order valence-corrected chi connectivity index (χ2v) is 8.62. The first kappa shape index (κ1) is 11.4. The van der Waals surface area contributed by atoms with Crippen molar-refractivity contribution in [2.75, 3.05) is 7.11 Å². The summed E-state index contributed by atoms with van der Waals surface area (Å²) in [6.45, 7) is 4.18. The van der Waals surface area contributed by atoms with Gasteiger partial charge in [-0.15, -0.1) is 0 Å². The predicted molar refractivity (Wildman–Crippen MR) is 53.1 cm³/mol. The molecule has 0 spiro atoms. The van der Waals surface area contributed by atoms with Crippen molar-refractivity contribution in [3.8, 4) is 0 Å². The summed E-state index contributed by atoms with van der Waals surface area (Å²) in [6.07, 6.45) is 0.949. The lowest BCUT2D eigenvalue weighted by atomic mass is 10.1. The molecule has 1 rings (SSSR count). The minimum Gasteiger partial charge on any atom is -0.420 e. The predicted octanol–water partition coefficient (Wildman–Crippen LogP) is 1.32. The molecule has 0 radical (unpaired) electrons. The van der Waals surface area contributed by atoms with E-state index >= 15 is 0 Å². The first-order valence-electron chi connectivity index (χ1n) is 4.74. The smallest absolute Gasteiger partial charge is 0.317 e. The molecule has 1 aliphatic rings. The molecule has 5 heteroatoms. The van der Waals surface area contributed by atoms with E-state index in [9.17, 15) is 9.59 Å². The van der Waals surface area contributed by atoms with Gasteiger partial charge in [-0.05, 0) is 25.6 Å². The van der Waals surface area contributed by atoms with Crippen molar-refractivity contribution in [1.29, 1.82) is 0 Å². The lowest BCUT2D eigenvalue weighted by Crippen LogP contribution is -2.29. The van der Waals surface area contributed by atoms with Gasteiger partial charge in [-0.2, -0.15) is 0 Å². The maximum absolute atomic E-state index is 11.1. The van der Waals surface area contributed by atoms with Crippen molar-refractivity contribution in [1.82, 2.24) is 0 Å². The van der Waals surface area contributed by atoms with Gasteiger partial charge in [0.25, 0.3) is 0 Å². The zero-order valence-electron chi connectivity index (χ0n) is 8.83. The third-order valence-electron chi connectivity index (χ3n) is 2.61. The van der Waals surface area contributed by atoms with Gasteiger partial charge >= 0.3 is 11.9 Å². The lowest BCUT2D eigenvalue weighted by Gasteiger charge is -2.20. The topological polar surface area (TPSA) is 52.6 Å². The molecule has 0 N–H and O–H groups in total. The summed E-state index contributed by atoms with van der Waals surface area (Å²) in [5.74, 6) is -0.989. The summed E-state index contributed by atoms with van der Waals surface area (Å²) in [4.78, 5) is 21.9. The first-order valence-corrected chi connectivity index (χ1v) is 7.86. The Balaban J connectivity index is 2.39. The monoisotopic (exact) mass is 216 g/mol. The number of carbonyl (C=O) groups excluding carboxylic acids is 2. The molecule has 1 atom stereocenters. The Labute approximate surface area is 84.7 Å². The number of esters is 2. The second-order valence-electron chi connectivity index (χ2n) is 4.20. The third kappa shape index (κ3) is 2.92. The van der Waals surface area contributed by atoms with Crippen LogP contribution in [0.5, 0.6) is 0 Å². The standard InChI is InChI=1S/C9H16O4Si/c1-12-14(2,3)5-4-7-6-8(10)13-9(7)11/h7H,4-6H2,1-3H3. The molecule has 1 fully saturated rings. The zero-order valence-corrected chi connectivity index (χ0v) is 9.83. The molecule has 0 saturated carbocycles. The van der Waals surface area contributed by atoms with Gasteiger partial charge in [-0.1, -0.05) is 0 Å². The van der Waals surface area contributed by atoms with E-state index in [1.54, 1.807) is 7.11 Å². The van der Waals surface area contributed by atoms with E-state index in [-0.39, 0.29) is 18.3 Å². The molecule has 4 nitrogen and oxygen atoms in total. The number of cyclic esters (lactones) is 2. The van der Waals surface area contributed by atoms with Gasteiger partial charge in [0.2, 0.25) is 0 Å². The Hall–Kier alpha value is -0.683. The molecule has 80 valence electrons. The molecular weight excluding hydrogens is 200 g/mol. The van der Waals surface area contributed by atoms with E-state index in [0.717, 1.165) is 6.04 Å². The third-order valence-corrected chi connectivity index (χ3v) is 5.21. The molecule has 1 unspecified atom stereocenters. The normalized spacial score (nSPS) is 22.6. The minimum absolute atomic E-state index is 0.232. The van der Waals surface area contributed by atoms with Crippen molar-refractivity contribution >= 4 is 20.3 Å². The van der Waals surface area contributed by atoms with Gasteiger partial charge in [-0.3, -0.25) is 9.59 Å². The van der Waals surface area contributed by atoms with Crippen LogP contribution in [0.2, 0.25) is 19.1 Å². The van der Waals surface area contributed by atoms with Crippen LogP contribution >= 0.6 is 0 Å². The maximum atomic E-state index is 11.1. The van der Waals surface area contributed by atoms with Gasteiger partial charge in [0.15, 0.2) is 8.32 Å². The molecule has 0 bridgehead atoms. The van der Waals surface area contributed by atoms with E-state index < -0.39 is 14.3 Å². The Morgan fingerprint density at radius 3 is 2.57 bits per heavy atom. The van der Waals surface area contributed by atoms with Crippen molar-refractivity contribution in [3.05, 3.63) is 0 Å². The zero-order chi connectivity index (χ0) is 10.8. The highest BCUT2D eigenvalue weighted by atomic mass is 28.4. The van der Waals surface area contributed by atoms with Crippen molar-refractivity contribution in [3.63, 3.8) is 0 Å². The SMILES string of the molecule is CO[Si](C)(C)CCC1CC(=O)OC1=O. The summed E-state index contributed by atoms with van der Waals surface area (Å²) < 4.78 is 9.83. The average molecular weight is 216 g/mol. The minimum atomic E-state index is -1.62. The summed E-state index contributed by atoms with van der Waals surface area (Å²) in [7, 11) is 0.0833. The molecule has 0 aromatic rings. The number of hydrogen-bond donors (Lipinski definition) is 0. The van der Waals surface area contributed by atoms with E-state index in [0.29, 0.717) is 6.42 Å².